The van der Waals surface area contributed by atoms with Gasteiger partial charge in [-0.05, 0) is 36.6 Å². The topological polar surface area (TPSA) is 126 Å². The van der Waals surface area contributed by atoms with Gasteiger partial charge in [0.25, 0.3) is 5.56 Å². The van der Waals surface area contributed by atoms with Crippen LogP contribution in [0.2, 0.25) is 0 Å². The van der Waals surface area contributed by atoms with Gasteiger partial charge in [0.2, 0.25) is 5.95 Å². The van der Waals surface area contributed by atoms with Crippen LogP contribution in [0.4, 0.5) is 10.3 Å². The number of hydrogen-bond acceptors (Lipinski definition) is 9. The number of methoxy groups -OCH3 is 1. The Morgan fingerprint density at radius 1 is 1.10 bits per heavy atom. The molecule has 0 saturated carbocycles. The Balaban J connectivity index is 1.55. The van der Waals surface area contributed by atoms with Crippen LogP contribution in [0.5, 0.6) is 5.75 Å². The zero-order chi connectivity index (χ0) is 27.3. The quantitative estimate of drug-likeness (QED) is 0.341. The number of aromatic nitrogens is 6. The molecule has 1 fully saturated rings. The molecular weight excluding hydrogens is 523 g/mol. The largest absolute Gasteiger partial charge is 0.496 e. The maximum atomic E-state index is 14.0. The van der Waals surface area contributed by atoms with Crippen LogP contribution in [0, 0.1) is 5.82 Å². The summed E-state index contributed by atoms with van der Waals surface area (Å²) < 4.78 is 32.3. The molecule has 0 unspecified atom stereocenters. The van der Waals surface area contributed by atoms with Gasteiger partial charge in [-0.15, -0.1) is 0 Å². The molecule has 2 N–H and O–H groups in total. The molecule has 0 bridgehead atoms. The zero-order valence-electron chi connectivity index (χ0n) is 21.5. The monoisotopic (exact) mass is 550 g/mol. The van der Waals surface area contributed by atoms with Gasteiger partial charge in [-0.1, -0.05) is 12.1 Å². The number of ether oxygens (including phenoxy) is 1. The average Bonchev–Trinajstić information content (AvgIpc) is 3.55. The first-order valence-corrected chi connectivity index (χ1v) is 13.3. The number of halogens is 1. The number of fused-ring (bicyclic) bond motifs is 2. The highest BCUT2D eigenvalue weighted by Gasteiger charge is 2.27. The van der Waals surface area contributed by atoms with E-state index in [-0.39, 0.29) is 30.3 Å². The Morgan fingerprint density at radius 2 is 1.92 bits per heavy atom. The summed E-state index contributed by atoms with van der Waals surface area (Å²) in [5.74, 6) is 0.463. The number of rotatable bonds is 6. The fraction of sp³-hybridized carbons (Fsp3) is 0.346. The number of aryl methyl sites for hydroxylation is 1. The van der Waals surface area contributed by atoms with Crippen LogP contribution in [0.1, 0.15) is 24.0 Å². The van der Waals surface area contributed by atoms with E-state index in [1.807, 2.05) is 23.1 Å². The SMILES string of the molecule is COc1cc(F)ccc1Cn1c(N2CCC[C@@H](N)C2)nc2c1c(=O)n(Cc1ccc3nsnc3c1)c(=O)n2C. The van der Waals surface area contributed by atoms with Crippen molar-refractivity contribution in [2.75, 3.05) is 25.1 Å². The number of anilines is 1. The lowest BCUT2D eigenvalue weighted by atomic mass is 10.1. The predicted octanol–water partition coefficient (Wildman–Crippen LogP) is 2.07. The highest BCUT2D eigenvalue weighted by Crippen LogP contribution is 2.27. The number of piperidine rings is 1. The van der Waals surface area contributed by atoms with Crippen LogP contribution in [-0.4, -0.2) is 53.7 Å². The molecule has 13 heteroatoms. The average molecular weight is 551 g/mol. The summed E-state index contributed by atoms with van der Waals surface area (Å²) in [5, 5.41) is 0. The molecule has 0 aliphatic carbocycles. The van der Waals surface area contributed by atoms with Crippen molar-refractivity contribution in [2.45, 2.75) is 32.0 Å². The molecule has 0 radical (unpaired) electrons. The smallest absolute Gasteiger partial charge is 0.332 e. The van der Waals surface area contributed by atoms with Gasteiger partial charge >= 0.3 is 5.69 Å². The van der Waals surface area contributed by atoms with Crippen molar-refractivity contribution in [3.63, 3.8) is 0 Å². The molecule has 39 heavy (non-hydrogen) atoms. The molecule has 6 rings (SSSR count). The van der Waals surface area contributed by atoms with Gasteiger partial charge in [-0.3, -0.25) is 18.5 Å². The van der Waals surface area contributed by atoms with E-state index < -0.39 is 17.1 Å². The Bertz CT molecular complexity index is 1820. The van der Waals surface area contributed by atoms with Crippen molar-refractivity contribution >= 4 is 39.9 Å². The standard InChI is InChI=1S/C26H27FN8O3S/c1-32-23-22(24(36)35(26(32)37)12-15-5-8-19-20(10-15)31-39-30-19)34(13-16-6-7-17(27)11-21(16)38-2)25(29-23)33-9-3-4-18(28)14-33/h5-8,10-11,18H,3-4,9,12-14,28H2,1-2H3/t18-/m1/s1. The first kappa shape index (κ1) is 25.2. The molecule has 0 spiro atoms. The summed E-state index contributed by atoms with van der Waals surface area (Å²) in [4.78, 5) is 34.3. The molecule has 1 aliphatic heterocycles. The summed E-state index contributed by atoms with van der Waals surface area (Å²) in [6.07, 6.45) is 1.77. The lowest BCUT2D eigenvalue weighted by Gasteiger charge is -2.32. The summed E-state index contributed by atoms with van der Waals surface area (Å²) in [6, 6.07) is 9.74. The van der Waals surface area contributed by atoms with Crippen LogP contribution in [0.25, 0.3) is 22.2 Å². The molecule has 2 aromatic carbocycles. The Labute approximate surface area is 226 Å². The summed E-state index contributed by atoms with van der Waals surface area (Å²) in [6.45, 7) is 1.52. The zero-order valence-corrected chi connectivity index (χ0v) is 22.3. The van der Waals surface area contributed by atoms with Crippen LogP contribution < -0.4 is 26.6 Å². The van der Waals surface area contributed by atoms with Crippen molar-refractivity contribution < 1.29 is 9.13 Å². The lowest BCUT2D eigenvalue weighted by molar-refractivity contribution is 0.405. The van der Waals surface area contributed by atoms with Crippen molar-refractivity contribution in [1.29, 1.82) is 0 Å². The molecule has 4 heterocycles. The second-order valence-corrected chi connectivity index (χ2v) is 10.3. The highest BCUT2D eigenvalue weighted by molar-refractivity contribution is 7.00. The highest BCUT2D eigenvalue weighted by atomic mass is 32.1. The maximum Gasteiger partial charge on any atom is 0.332 e. The number of benzene rings is 2. The van der Waals surface area contributed by atoms with Crippen LogP contribution in [0.3, 0.4) is 0 Å². The molecule has 0 amide bonds. The first-order chi connectivity index (χ1) is 18.8. The molecule has 1 aliphatic rings. The summed E-state index contributed by atoms with van der Waals surface area (Å²) in [7, 11) is 3.08. The van der Waals surface area contributed by atoms with Crippen molar-refractivity contribution in [3.05, 3.63) is 74.2 Å². The fourth-order valence-corrected chi connectivity index (χ4v) is 5.73. The number of nitrogens with zero attached hydrogens (tertiary/aromatic N) is 7. The number of hydrogen-bond donors (Lipinski definition) is 1. The van der Waals surface area contributed by atoms with E-state index in [1.54, 1.807) is 17.7 Å². The Kier molecular flexibility index (Phi) is 6.39. The van der Waals surface area contributed by atoms with Crippen molar-refractivity contribution in [2.24, 2.45) is 12.8 Å². The van der Waals surface area contributed by atoms with Gasteiger partial charge in [0.05, 0.1) is 31.9 Å². The lowest BCUT2D eigenvalue weighted by Crippen LogP contribution is -2.44. The third kappa shape index (κ3) is 4.46. The summed E-state index contributed by atoms with van der Waals surface area (Å²) >= 11 is 1.11. The number of nitrogens with two attached hydrogens (primary N) is 1. The van der Waals surface area contributed by atoms with Crippen LogP contribution in [-0.2, 0) is 20.1 Å². The van der Waals surface area contributed by atoms with Crippen LogP contribution >= 0.6 is 11.7 Å². The summed E-state index contributed by atoms with van der Waals surface area (Å²) in [5.41, 5.74) is 8.77. The van der Waals surface area contributed by atoms with E-state index in [1.165, 1.54) is 28.4 Å². The van der Waals surface area contributed by atoms with E-state index >= 15 is 0 Å². The van der Waals surface area contributed by atoms with Gasteiger partial charge in [0.1, 0.15) is 22.6 Å². The minimum absolute atomic E-state index is 0.0389. The van der Waals surface area contributed by atoms with E-state index in [9.17, 15) is 14.0 Å². The molecular formula is C26H27FN8O3S. The molecule has 11 nitrogen and oxygen atoms in total. The van der Waals surface area contributed by atoms with Crippen molar-refractivity contribution in [1.82, 2.24) is 27.4 Å². The Hall–Kier alpha value is -4.10. The van der Waals surface area contributed by atoms with Gasteiger partial charge in [0.15, 0.2) is 11.2 Å². The second-order valence-electron chi connectivity index (χ2n) is 9.79. The number of imidazole rings is 1. The van der Waals surface area contributed by atoms with E-state index in [0.29, 0.717) is 35.9 Å². The minimum atomic E-state index is -0.477. The third-order valence-corrected chi connectivity index (χ3v) is 7.75. The predicted molar refractivity (Wildman–Crippen MR) is 147 cm³/mol. The molecule has 1 saturated heterocycles. The molecule has 3 aromatic heterocycles. The van der Waals surface area contributed by atoms with Gasteiger partial charge in [0, 0.05) is 37.8 Å². The van der Waals surface area contributed by atoms with Crippen molar-refractivity contribution in [3.8, 4) is 5.75 Å². The molecule has 1 atom stereocenters. The van der Waals surface area contributed by atoms with Gasteiger partial charge in [-0.2, -0.15) is 13.7 Å². The van der Waals surface area contributed by atoms with Gasteiger partial charge < -0.3 is 15.4 Å². The first-order valence-electron chi connectivity index (χ1n) is 12.6. The van der Waals surface area contributed by atoms with Crippen LogP contribution in [0.15, 0.2) is 46.0 Å². The van der Waals surface area contributed by atoms with E-state index in [0.717, 1.165) is 35.6 Å². The molecule has 202 valence electrons. The van der Waals surface area contributed by atoms with E-state index in [4.69, 9.17) is 15.5 Å². The third-order valence-electron chi connectivity index (χ3n) is 7.19. The maximum absolute atomic E-state index is 14.0. The molecule has 5 aromatic rings. The van der Waals surface area contributed by atoms with Gasteiger partial charge in [-0.25, -0.2) is 9.18 Å². The Morgan fingerprint density at radius 3 is 2.72 bits per heavy atom. The minimum Gasteiger partial charge on any atom is -0.496 e. The van der Waals surface area contributed by atoms with E-state index in [2.05, 4.69) is 8.75 Å². The second kappa shape index (κ2) is 9.89. The fourth-order valence-electron chi connectivity index (χ4n) is 5.21. The normalized spacial score (nSPS) is 15.9.